The zero-order chi connectivity index (χ0) is 20.7. The number of carbonyl (C=O) groups is 2. The molecule has 0 heterocycles. The van der Waals surface area contributed by atoms with Gasteiger partial charge in [-0.1, -0.05) is 12.1 Å². The highest BCUT2D eigenvalue weighted by Gasteiger charge is 2.17. The maximum atomic E-state index is 12.3. The number of primary sulfonamides is 1. The Balaban J connectivity index is 2.04. The molecule has 2 aromatic rings. The molecular weight excluding hydrogens is 386 g/mol. The molecule has 0 aliphatic rings. The lowest BCUT2D eigenvalue weighted by molar-refractivity contribution is -0.115. The Morgan fingerprint density at radius 1 is 1.11 bits per heavy atom. The minimum absolute atomic E-state index is 0.0568. The summed E-state index contributed by atoms with van der Waals surface area (Å²) in [5, 5.41) is 10.1. The number of ether oxygens (including phenoxy) is 2. The lowest BCUT2D eigenvalue weighted by Crippen LogP contribution is -2.33. The first-order valence-corrected chi connectivity index (χ1v) is 9.81. The average Bonchev–Trinajstić information content (AvgIpc) is 2.66. The summed E-state index contributed by atoms with van der Waals surface area (Å²) in [4.78, 5) is 24.1. The van der Waals surface area contributed by atoms with Gasteiger partial charge in [-0.25, -0.2) is 13.6 Å². The molecule has 0 aromatic heterocycles. The molecule has 0 spiro atoms. The van der Waals surface area contributed by atoms with Crippen molar-refractivity contribution >= 4 is 27.5 Å². The maximum absolute atomic E-state index is 12.3. The summed E-state index contributed by atoms with van der Waals surface area (Å²) < 4.78 is 33.6. The summed E-state index contributed by atoms with van der Waals surface area (Å²) in [5.74, 6) is -0.552. The molecule has 0 saturated carbocycles. The number of nitrogens with two attached hydrogens (primary N) is 1. The molecule has 150 valence electrons. The molecule has 0 radical (unpaired) electrons. The largest absolute Gasteiger partial charge is 0.495 e. The molecule has 4 N–H and O–H groups in total. The standard InChI is InChI=1S/C18H21N3O6S/c1-3-27-14-7-5-4-6-13(14)18(23)20-11-17(22)21-12-8-9-15(26-2)16(10-12)28(19,24)25/h4-10H,3,11H2,1-2H3,(H,20,23)(H,21,22)(H2,19,24,25). The van der Waals surface area contributed by atoms with Gasteiger partial charge in [-0.2, -0.15) is 0 Å². The van der Waals surface area contributed by atoms with Gasteiger partial charge in [-0.15, -0.1) is 0 Å². The fourth-order valence-electron chi connectivity index (χ4n) is 2.37. The Morgan fingerprint density at radius 2 is 1.82 bits per heavy atom. The van der Waals surface area contributed by atoms with E-state index in [0.29, 0.717) is 17.9 Å². The second-order valence-electron chi connectivity index (χ2n) is 5.57. The number of benzene rings is 2. The molecule has 0 aliphatic carbocycles. The zero-order valence-corrected chi connectivity index (χ0v) is 16.2. The molecule has 0 atom stereocenters. The Hall–Kier alpha value is -3.11. The van der Waals surface area contributed by atoms with E-state index in [-0.39, 0.29) is 22.9 Å². The molecule has 2 aromatic carbocycles. The van der Waals surface area contributed by atoms with Gasteiger partial charge in [0.25, 0.3) is 5.91 Å². The van der Waals surface area contributed by atoms with Gasteiger partial charge in [-0.3, -0.25) is 9.59 Å². The van der Waals surface area contributed by atoms with Gasteiger partial charge >= 0.3 is 0 Å². The number of anilines is 1. The summed E-state index contributed by atoms with van der Waals surface area (Å²) in [7, 11) is -2.73. The van der Waals surface area contributed by atoms with Crippen molar-refractivity contribution in [2.24, 2.45) is 5.14 Å². The zero-order valence-electron chi connectivity index (χ0n) is 15.4. The highest BCUT2D eigenvalue weighted by atomic mass is 32.2. The third kappa shape index (κ3) is 5.44. The van der Waals surface area contributed by atoms with Crippen molar-refractivity contribution in [1.82, 2.24) is 5.32 Å². The van der Waals surface area contributed by atoms with Crippen LogP contribution in [0.25, 0.3) is 0 Å². The first-order valence-electron chi connectivity index (χ1n) is 8.27. The van der Waals surface area contributed by atoms with E-state index in [1.54, 1.807) is 31.2 Å². The van der Waals surface area contributed by atoms with Crippen LogP contribution in [0.5, 0.6) is 11.5 Å². The average molecular weight is 407 g/mol. The SMILES string of the molecule is CCOc1ccccc1C(=O)NCC(=O)Nc1ccc(OC)c(S(N)(=O)=O)c1. The number of nitrogens with one attached hydrogen (secondary N) is 2. The number of hydrogen-bond acceptors (Lipinski definition) is 6. The number of carbonyl (C=O) groups excluding carboxylic acids is 2. The van der Waals surface area contributed by atoms with Crippen molar-refractivity contribution in [1.29, 1.82) is 0 Å². The summed E-state index contributed by atoms with van der Waals surface area (Å²) in [6.07, 6.45) is 0. The van der Waals surface area contributed by atoms with E-state index in [1.807, 2.05) is 0 Å². The molecule has 0 fully saturated rings. The van der Waals surface area contributed by atoms with Gasteiger partial charge in [0.2, 0.25) is 15.9 Å². The summed E-state index contributed by atoms with van der Waals surface area (Å²) in [6, 6.07) is 10.7. The normalized spacial score (nSPS) is 10.8. The summed E-state index contributed by atoms with van der Waals surface area (Å²) in [6.45, 7) is 1.87. The van der Waals surface area contributed by atoms with Crippen molar-refractivity contribution in [2.75, 3.05) is 25.6 Å². The Morgan fingerprint density at radius 3 is 2.46 bits per heavy atom. The van der Waals surface area contributed by atoms with E-state index in [1.165, 1.54) is 25.3 Å². The van der Waals surface area contributed by atoms with Gasteiger partial charge in [0.05, 0.1) is 25.8 Å². The van der Waals surface area contributed by atoms with Crippen LogP contribution in [-0.2, 0) is 14.8 Å². The number of methoxy groups -OCH3 is 1. The van der Waals surface area contributed by atoms with Crippen LogP contribution < -0.4 is 25.2 Å². The van der Waals surface area contributed by atoms with Gasteiger partial charge < -0.3 is 20.1 Å². The van der Waals surface area contributed by atoms with Crippen LogP contribution in [0.3, 0.4) is 0 Å². The monoisotopic (exact) mass is 407 g/mol. The van der Waals surface area contributed by atoms with Crippen molar-refractivity contribution < 1.29 is 27.5 Å². The molecular formula is C18H21N3O6S. The second-order valence-corrected chi connectivity index (χ2v) is 7.10. The van der Waals surface area contributed by atoms with E-state index >= 15 is 0 Å². The fraction of sp³-hybridized carbons (Fsp3) is 0.222. The third-order valence-electron chi connectivity index (χ3n) is 3.59. The molecule has 0 unspecified atom stereocenters. The highest BCUT2D eigenvalue weighted by Crippen LogP contribution is 2.26. The van der Waals surface area contributed by atoms with Gasteiger partial charge in [0, 0.05) is 5.69 Å². The Labute approximate surface area is 162 Å². The molecule has 10 heteroatoms. The van der Waals surface area contributed by atoms with E-state index in [0.717, 1.165) is 0 Å². The van der Waals surface area contributed by atoms with Crippen molar-refractivity contribution in [3.63, 3.8) is 0 Å². The van der Waals surface area contributed by atoms with E-state index in [9.17, 15) is 18.0 Å². The van der Waals surface area contributed by atoms with Crippen molar-refractivity contribution in [2.45, 2.75) is 11.8 Å². The molecule has 0 bridgehead atoms. The first kappa shape index (κ1) is 21.2. The van der Waals surface area contributed by atoms with Crippen LogP contribution in [0, 0.1) is 0 Å². The fourth-order valence-corrected chi connectivity index (χ4v) is 3.10. The van der Waals surface area contributed by atoms with Crippen molar-refractivity contribution in [3.05, 3.63) is 48.0 Å². The lowest BCUT2D eigenvalue weighted by Gasteiger charge is -2.12. The van der Waals surface area contributed by atoms with Gasteiger partial charge in [0.15, 0.2) is 0 Å². The van der Waals surface area contributed by atoms with Crippen LogP contribution in [0.2, 0.25) is 0 Å². The summed E-state index contributed by atoms with van der Waals surface area (Å²) >= 11 is 0. The van der Waals surface area contributed by atoms with E-state index < -0.39 is 21.8 Å². The minimum atomic E-state index is -4.04. The predicted octanol–water partition coefficient (Wildman–Crippen LogP) is 1.11. The highest BCUT2D eigenvalue weighted by molar-refractivity contribution is 7.89. The quantitative estimate of drug-likeness (QED) is 0.599. The van der Waals surface area contributed by atoms with Crippen LogP contribution in [0.15, 0.2) is 47.4 Å². The molecule has 28 heavy (non-hydrogen) atoms. The molecule has 2 rings (SSSR count). The Bertz CT molecular complexity index is 975. The van der Waals surface area contributed by atoms with Crippen molar-refractivity contribution in [3.8, 4) is 11.5 Å². The van der Waals surface area contributed by atoms with Crippen LogP contribution >= 0.6 is 0 Å². The number of para-hydroxylation sites is 1. The molecule has 9 nitrogen and oxygen atoms in total. The predicted molar refractivity (Wildman–Crippen MR) is 103 cm³/mol. The molecule has 2 amide bonds. The maximum Gasteiger partial charge on any atom is 0.255 e. The molecule has 0 saturated heterocycles. The smallest absolute Gasteiger partial charge is 0.255 e. The summed E-state index contributed by atoms with van der Waals surface area (Å²) in [5.41, 5.74) is 0.497. The Kier molecular flexibility index (Phi) is 6.96. The van der Waals surface area contributed by atoms with Crippen LogP contribution in [0.1, 0.15) is 17.3 Å². The number of sulfonamides is 1. The van der Waals surface area contributed by atoms with Gasteiger partial charge in [-0.05, 0) is 37.3 Å². The third-order valence-corrected chi connectivity index (χ3v) is 4.53. The van der Waals surface area contributed by atoms with E-state index in [2.05, 4.69) is 10.6 Å². The minimum Gasteiger partial charge on any atom is -0.495 e. The van der Waals surface area contributed by atoms with Crippen LogP contribution in [-0.4, -0.2) is 40.5 Å². The molecule has 0 aliphatic heterocycles. The number of amides is 2. The topological polar surface area (TPSA) is 137 Å². The van der Waals surface area contributed by atoms with E-state index in [4.69, 9.17) is 14.6 Å². The lowest BCUT2D eigenvalue weighted by atomic mass is 10.2. The number of hydrogen-bond donors (Lipinski definition) is 3. The van der Waals surface area contributed by atoms with Crippen LogP contribution in [0.4, 0.5) is 5.69 Å². The van der Waals surface area contributed by atoms with Gasteiger partial charge in [0.1, 0.15) is 16.4 Å². The number of rotatable bonds is 8. The second kappa shape index (κ2) is 9.20. The first-order chi connectivity index (χ1) is 13.3.